The lowest BCUT2D eigenvalue weighted by molar-refractivity contribution is 0.0697. The predicted molar refractivity (Wildman–Crippen MR) is 119 cm³/mol. The van der Waals surface area contributed by atoms with Crippen LogP contribution in [-0.4, -0.2) is 18.2 Å². The van der Waals surface area contributed by atoms with Gasteiger partial charge in [0.25, 0.3) is 0 Å². The third-order valence-electron chi connectivity index (χ3n) is 4.61. The van der Waals surface area contributed by atoms with Crippen LogP contribution in [0, 0.1) is 6.92 Å². The lowest BCUT2D eigenvalue weighted by Crippen LogP contribution is -2.07. The van der Waals surface area contributed by atoms with Crippen molar-refractivity contribution >= 4 is 34.9 Å². The molecule has 5 nitrogen and oxygen atoms in total. The third kappa shape index (κ3) is 5.17. The normalized spacial score (nSPS) is 10.5. The molecule has 0 bridgehead atoms. The van der Waals surface area contributed by atoms with Crippen molar-refractivity contribution in [1.82, 2.24) is 0 Å². The van der Waals surface area contributed by atoms with Gasteiger partial charge < -0.3 is 19.9 Å². The number of carboxylic acids is 1. The van der Waals surface area contributed by atoms with Crippen molar-refractivity contribution in [2.75, 3.05) is 12.4 Å². The highest BCUT2D eigenvalue weighted by Crippen LogP contribution is 2.33. The lowest BCUT2D eigenvalue weighted by atomic mass is 10.1. The van der Waals surface area contributed by atoms with Crippen LogP contribution in [0.2, 0.25) is 10.0 Å². The number of anilines is 1. The number of benzene rings is 3. The molecule has 0 aromatic heterocycles. The Morgan fingerprint density at radius 1 is 1.07 bits per heavy atom. The average molecular weight is 446 g/mol. The van der Waals surface area contributed by atoms with E-state index in [9.17, 15) is 4.79 Å². The number of methoxy groups -OCH3 is 1. The Morgan fingerprint density at radius 3 is 2.53 bits per heavy atom. The van der Waals surface area contributed by atoms with Crippen LogP contribution in [0.3, 0.4) is 0 Å². The third-order valence-corrected chi connectivity index (χ3v) is 5.20. The lowest BCUT2D eigenvalue weighted by Gasteiger charge is -2.17. The van der Waals surface area contributed by atoms with Crippen molar-refractivity contribution in [3.8, 4) is 11.5 Å². The largest absolute Gasteiger partial charge is 0.493 e. The summed E-state index contributed by atoms with van der Waals surface area (Å²) in [7, 11) is 1.59. The molecule has 0 amide bonds. The summed E-state index contributed by atoms with van der Waals surface area (Å²) in [5.74, 6) is 0.268. The fourth-order valence-corrected chi connectivity index (χ4v) is 3.46. The summed E-state index contributed by atoms with van der Waals surface area (Å²) < 4.78 is 11.5. The first-order valence-corrected chi connectivity index (χ1v) is 9.95. The van der Waals surface area contributed by atoms with E-state index in [1.807, 2.05) is 31.2 Å². The molecule has 0 fully saturated rings. The van der Waals surface area contributed by atoms with Crippen LogP contribution in [0.25, 0.3) is 0 Å². The van der Waals surface area contributed by atoms with E-state index < -0.39 is 5.97 Å². The first-order chi connectivity index (χ1) is 14.4. The Hall–Kier alpha value is -2.89. The van der Waals surface area contributed by atoms with Gasteiger partial charge in [0.2, 0.25) is 0 Å². The highest BCUT2D eigenvalue weighted by Gasteiger charge is 2.13. The number of hydrogen-bond donors (Lipinski definition) is 2. The van der Waals surface area contributed by atoms with E-state index in [4.69, 9.17) is 37.8 Å². The molecule has 0 spiro atoms. The van der Waals surface area contributed by atoms with Gasteiger partial charge in [-0.3, -0.25) is 0 Å². The molecule has 0 saturated heterocycles. The molecule has 2 N–H and O–H groups in total. The van der Waals surface area contributed by atoms with Gasteiger partial charge in [-0.05, 0) is 48.9 Å². The van der Waals surface area contributed by atoms with Gasteiger partial charge in [-0.2, -0.15) is 0 Å². The van der Waals surface area contributed by atoms with Gasteiger partial charge in [0.05, 0.1) is 12.7 Å². The Morgan fingerprint density at radius 2 is 1.87 bits per heavy atom. The standard InChI is InChI=1S/C23H21Cl2NO4/c1-14-10-15(23(27)28)7-9-20(14)26-12-16-4-3-5-21(29-2)22(16)30-13-17-6-8-18(24)11-19(17)25/h3-11,26H,12-13H2,1-2H3,(H,27,28). The average Bonchev–Trinajstić information content (AvgIpc) is 2.72. The second-order valence-electron chi connectivity index (χ2n) is 6.66. The SMILES string of the molecule is COc1cccc(CNc2ccc(C(=O)O)cc2C)c1OCc1ccc(Cl)cc1Cl. The molecular formula is C23H21Cl2NO4. The van der Waals surface area contributed by atoms with Crippen LogP contribution in [-0.2, 0) is 13.2 Å². The van der Waals surface area contributed by atoms with Gasteiger partial charge in [-0.25, -0.2) is 4.79 Å². The highest BCUT2D eigenvalue weighted by atomic mass is 35.5. The van der Waals surface area contributed by atoms with Crippen LogP contribution in [0.15, 0.2) is 54.6 Å². The van der Waals surface area contributed by atoms with E-state index in [2.05, 4.69) is 5.32 Å². The van der Waals surface area contributed by atoms with Crippen molar-refractivity contribution in [3.63, 3.8) is 0 Å². The van der Waals surface area contributed by atoms with Crippen LogP contribution in [0.4, 0.5) is 5.69 Å². The van der Waals surface area contributed by atoms with E-state index in [0.717, 1.165) is 22.4 Å². The van der Waals surface area contributed by atoms with E-state index >= 15 is 0 Å². The summed E-state index contributed by atoms with van der Waals surface area (Å²) in [6.45, 7) is 2.59. The van der Waals surface area contributed by atoms with E-state index in [1.165, 1.54) is 0 Å². The summed E-state index contributed by atoms with van der Waals surface area (Å²) in [4.78, 5) is 11.1. The molecule has 0 atom stereocenters. The molecule has 0 heterocycles. The van der Waals surface area contributed by atoms with Gasteiger partial charge in [0, 0.05) is 33.4 Å². The summed E-state index contributed by atoms with van der Waals surface area (Å²) in [5.41, 5.74) is 3.64. The molecule has 7 heteroatoms. The van der Waals surface area contributed by atoms with Crippen molar-refractivity contribution in [2.24, 2.45) is 0 Å². The van der Waals surface area contributed by atoms with Gasteiger partial charge in [0.15, 0.2) is 11.5 Å². The van der Waals surface area contributed by atoms with Gasteiger partial charge in [0.1, 0.15) is 6.61 Å². The fourth-order valence-electron chi connectivity index (χ4n) is 3.00. The number of ether oxygens (including phenoxy) is 2. The van der Waals surface area contributed by atoms with Crippen molar-refractivity contribution in [3.05, 3.63) is 86.9 Å². The van der Waals surface area contributed by atoms with E-state index in [1.54, 1.807) is 37.4 Å². The minimum Gasteiger partial charge on any atom is -0.493 e. The fraction of sp³-hybridized carbons (Fsp3) is 0.174. The molecule has 0 aliphatic heterocycles. The van der Waals surface area contributed by atoms with Crippen LogP contribution in [0.5, 0.6) is 11.5 Å². The molecule has 0 unspecified atom stereocenters. The molecular weight excluding hydrogens is 425 g/mol. The van der Waals surface area contributed by atoms with E-state index in [-0.39, 0.29) is 12.2 Å². The maximum absolute atomic E-state index is 11.1. The number of nitrogens with one attached hydrogen (secondary N) is 1. The first kappa shape index (κ1) is 21.8. The molecule has 0 aliphatic carbocycles. The number of carboxylic acid groups (broad SMARTS) is 1. The maximum Gasteiger partial charge on any atom is 0.335 e. The number of para-hydroxylation sites is 1. The summed E-state index contributed by atoms with van der Waals surface area (Å²) in [6.07, 6.45) is 0. The Bertz CT molecular complexity index is 1070. The summed E-state index contributed by atoms with van der Waals surface area (Å²) >= 11 is 12.2. The molecule has 3 rings (SSSR count). The zero-order valence-electron chi connectivity index (χ0n) is 16.5. The van der Waals surface area contributed by atoms with Crippen LogP contribution >= 0.6 is 23.2 Å². The smallest absolute Gasteiger partial charge is 0.335 e. The maximum atomic E-state index is 11.1. The Labute approximate surface area is 185 Å². The minimum absolute atomic E-state index is 0.253. The second kappa shape index (κ2) is 9.74. The number of aromatic carboxylic acids is 1. The number of halogens is 2. The van der Waals surface area contributed by atoms with Crippen molar-refractivity contribution in [2.45, 2.75) is 20.1 Å². The van der Waals surface area contributed by atoms with Crippen molar-refractivity contribution < 1.29 is 19.4 Å². The molecule has 0 saturated carbocycles. The number of carbonyl (C=O) groups is 1. The van der Waals surface area contributed by atoms with Gasteiger partial charge in [-0.15, -0.1) is 0 Å². The number of hydrogen-bond acceptors (Lipinski definition) is 4. The topological polar surface area (TPSA) is 67.8 Å². The highest BCUT2D eigenvalue weighted by molar-refractivity contribution is 6.35. The Balaban J connectivity index is 1.79. The summed E-state index contributed by atoms with van der Waals surface area (Å²) in [5, 5.41) is 13.6. The zero-order chi connectivity index (χ0) is 21.7. The molecule has 0 radical (unpaired) electrons. The molecule has 156 valence electrons. The van der Waals surface area contributed by atoms with Gasteiger partial charge in [-0.1, -0.05) is 41.4 Å². The Kier molecular flexibility index (Phi) is 7.08. The van der Waals surface area contributed by atoms with Crippen molar-refractivity contribution in [1.29, 1.82) is 0 Å². The molecule has 0 aliphatic rings. The monoisotopic (exact) mass is 445 g/mol. The van der Waals surface area contributed by atoms with Crippen LogP contribution in [0.1, 0.15) is 27.0 Å². The molecule has 3 aromatic rings. The predicted octanol–water partition coefficient (Wildman–Crippen LogP) is 6.20. The molecule has 3 aromatic carbocycles. The number of aryl methyl sites for hydroxylation is 1. The molecule has 30 heavy (non-hydrogen) atoms. The number of rotatable bonds is 8. The second-order valence-corrected chi connectivity index (χ2v) is 7.50. The van der Waals surface area contributed by atoms with Crippen LogP contribution < -0.4 is 14.8 Å². The van der Waals surface area contributed by atoms with Gasteiger partial charge >= 0.3 is 5.97 Å². The zero-order valence-corrected chi connectivity index (χ0v) is 18.1. The first-order valence-electron chi connectivity index (χ1n) is 9.19. The quantitative estimate of drug-likeness (QED) is 0.431. The van der Waals surface area contributed by atoms with E-state index in [0.29, 0.717) is 28.1 Å². The minimum atomic E-state index is -0.950. The summed E-state index contributed by atoms with van der Waals surface area (Å²) in [6, 6.07) is 15.9.